The van der Waals surface area contributed by atoms with Crippen molar-refractivity contribution in [3.8, 4) is 0 Å². The Hall–Kier alpha value is -0.720. The highest BCUT2D eigenvalue weighted by molar-refractivity contribution is 5.17. The van der Waals surface area contributed by atoms with Crippen LogP contribution >= 0.6 is 0 Å². The Morgan fingerprint density at radius 2 is 1.54 bits per heavy atom. The van der Waals surface area contributed by atoms with Gasteiger partial charge in [-0.15, -0.1) is 0 Å². The summed E-state index contributed by atoms with van der Waals surface area (Å²) in [6, 6.07) is 2.15. The van der Waals surface area contributed by atoms with Gasteiger partial charge in [0.15, 0.2) is 0 Å². The van der Waals surface area contributed by atoms with E-state index in [9.17, 15) is 0 Å². The zero-order valence-electron chi connectivity index (χ0n) is 8.22. The molecule has 0 aromatic carbocycles. The Morgan fingerprint density at radius 1 is 0.846 bits per heavy atom. The zero-order chi connectivity index (χ0) is 8.93. The highest BCUT2D eigenvalue weighted by Crippen LogP contribution is 2.19. The Morgan fingerprint density at radius 3 is 2.38 bits per heavy atom. The first-order valence-corrected chi connectivity index (χ1v) is 5.52. The molecule has 0 N–H and O–H groups in total. The number of hydrogen-bond acceptors (Lipinski definition) is 1. The van der Waals surface area contributed by atoms with Crippen LogP contribution < -0.4 is 0 Å². The van der Waals surface area contributed by atoms with Gasteiger partial charge in [0.25, 0.3) is 0 Å². The SMILES string of the molecule is c1cc2c(o1)CCCCCCCC2. The van der Waals surface area contributed by atoms with Gasteiger partial charge in [-0.05, 0) is 30.9 Å². The van der Waals surface area contributed by atoms with Crippen LogP contribution in [0.15, 0.2) is 16.7 Å². The van der Waals surface area contributed by atoms with Gasteiger partial charge in [0.1, 0.15) is 5.76 Å². The molecule has 1 aromatic rings. The molecule has 1 aliphatic rings. The summed E-state index contributed by atoms with van der Waals surface area (Å²) in [6.45, 7) is 0. The molecule has 0 saturated carbocycles. The van der Waals surface area contributed by atoms with Gasteiger partial charge in [-0.1, -0.05) is 25.7 Å². The Kier molecular flexibility index (Phi) is 3.07. The number of fused-ring (bicyclic) bond motifs is 1. The van der Waals surface area contributed by atoms with Crippen LogP contribution in [0.2, 0.25) is 0 Å². The minimum atomic E-state index is 1.16. The van der Waals surface area contributed by atoms with Crippen molar-refractivity contribution in [3.05, 3.63) is 23.7 Å². The monoisotopic (exact) mass is 178 g/mol. The third kappa shape index (κ3) is 2.36. The maximum absolute atomic E-state index is 5.49. The summed E-state index contributed by atoms with van der Waals surface area (Å²) in [4.78, 5) is 0. The molecule has 13 heavy (non-hydrogen) atoms. The molecule has 0 saturated heterocycles. The van der Waals surface area contributed by atoms with Crippen molar-refractivity contribution in [1.82, 2.24) is 0 Å². The maximum atomic E-state index is 5.49. The van der Waals surface area contributed by atoms with E-state index in [-0.39, 0.29) is 0 Å². The van der Waals surface area contributed by atoms with E-state index >= 15 is 0 Å². The summed E-state index contributed by atoms with van der Waals surface area (Å²) in [5.41, 5.74) is 1.46. The molecular formula is C12H18O. The number of furan rings is 1. The maximum Gasteiger partial charge on any atom is 0.106 e. The van der Waals surface area contributed by atoms with Gasteiger partial charge in [0.2, 0.25) is 0 Å². The zero-order valence-corrected chi connectivity index (χ0v) is 8.22. The van der Waals surface area contributed by atoms with E-state index in [1.807, 2.05) is 6.26 Å². The first kappa shape index (κ1) is 8.86. The predicted molar refractivity (Wildman–Crippen MR) is 53.8 cm³/mol. The molecule has 1 heterocycles. The first-order chi connectivity index (χ1) is 6.47. The molecule has 1 nitrogen and oxygen atoms in total. The van der Waals surface area contributed by atoms with E-state index in [0.29, 0.717) is 0 Å². The second-order valence-corrected chi connectivity index (χ2v) is 3.99. The molecular weight excluding hydrogens is 160 g/mol. The Labute approximate surface area is 80.1 Å². The fourth-order valence-electron chi connectivity index (χ4n) is 2.12. The highest BCUT2D eigenvalue weighted by Gasteiger charge is 2.07. The van der Waals surface area contributed by atoms with Crippen LogP contribution in [-0.2, 0) is 12.8 Å². The lowest BCUT2D eigenvalue weighted by Crippen LogP contribution is -1.94. The lowest BCUT2D eigenvalue weighted by Gasteiger charge is -2.06. The van der Waals surface area contributed by atoms with Gasteiger partial charge in [-0.3, -0.25) is 0 Å². The number of aryl methyl sites for hydroxylation is 2. The van der Waals surface area contributed by atoms with Gasteiger partial charge in [-0.2, -0.15) is 0 Å². The summed E-state index contributed by atoms with van der Waals surface area (Å²) in [5.74, 6) is 1.25. The highest BCUT2D eigenvalue weighted by atomic mass is 16.3. The van der Waals surface area contributed by atoms with Crippen LogP contribution in [0.4, 0.5) is 0 Å². The van der Waals surface area contributed by atoms with Crippen LogP contribution in [-0.4, -0.2) is 0 Å². The van der Waals surface area contributed by atoms with Crippen molar-refractivity contribution in [3.63, 3.8) is 0 Å². The summed E-state index contributed by atoms with van der Waals surface area (Å²) in [7, 11) is 0. The molecule has 0 radical (unpaired) electrons. The molecule has 72 valence electrons. The average molecular weight is 178 g/mol. The molecule has 2 rings (SSSR count). The normalized spacial score (nSPS) is 19.4. The largest absolute Gasteiger partial charge is 0.469 e. The smallest absolute Gasteiger partial charge is 0.106 e. The van der Waals surface area contributed by atoms with Gasteiger partial charge in [0, 0.05) is 6.42 Å². The second kappa shape index (κ2) is 4.50. The molecule has 0 atom stereocenters. The van der Waals surface area contributed by atoms with Gasteiger partial charge >= 0.3 is 0 Å². The molecule has 1 heteroatoms. The molecule has 0 fully saturated rings. The van der Waals surface area contributed by atoms with Crippen molar-refractivity contribution < 1.29 is 4.42 Å². The van der Waals surface area contributed by atoms with Crippen molar-refractivity contribution in [1.29, 1.82) is 0 Å². The first-order valence-electron chi connectivity index (χ1n) is 5.52. The average Bonchev–Trinajstić information content (AvgIpc) is 2.59. The third-order valence-corrected chi connectivity index (χ3v) is 2.94. The summed E-state index contributed by atoms with van der Waals surface area (Å²) in [5, 5.41) is 0. The Bertz CT molecular complexity index is 225. The van der Waals surface area contributed by atoms with Crippen molar-refractivity contribution in [2.24, 2.45) is 0 Å². The molecule has 0 spiro atoms. The standard InChI is InChI=1S/C12H18O/c1-2-4-6-8-12-11(7-5-3-1)9-10-13-12/h9-10H,1-8H2. The van der Waals surface area contributed by atoms with Crippen LogP contribution in [0.5, 0.6) is 0 Å². The van der Waals surface area contributed by atoms with Gasteiger partial charge in [-0.25, -0.2) is 0 Å². The quantitative estimate of drug-likeness (QED) is 0.590. The lowest BCUT2D eigenvalue weighted by atomic mass is 10.00. The minimum Gasteiger partial charge on any atom is -0.469 e. The number of hydrogen-bond donors (Lipinski definition) is 0. The van der Waals surface area contributed by atoms with Gasteiger partial charge < -0.3 is 4.42 Å². The van der Waals surface area contributed by atoms with E-state index in [4.69, 9.17) is 4.42 Å². The van der Waals surface area contributed by atoms with E-state index < -0.39 is 0 Å². The molecule has 1 aliphatic carbocycles. The predicted octanol–water partition coefficient (Wildman–Crippen LogP) is 3.72. The summed E-state index contributed by atoms with van der Waals surface area (Å²) >= 11 is 0. The van der Waals surface area contributed by atoms with E-state index in [0.717, 1.165) is 6.42 Å². The molecule has 1 aromatic heterocycles. The summed E-state index contributed by atoms with van der Waals surface area (Å²) < 4.78 is 5.49. The summed E-state index contributed by atoms with van der Waals surface area (Å²) in [6.07, 6.45) is 12.5. The lowest BCUT2D eigenvalue weighted by molar-refractivity contribution is 0.479. The molecule has 0 aliphatic heterocycles. The van der Waals surface area contributed by atoms with Crippen LogP contribution in [0, 0.1) is 0 Å². The second-order valence-electron chi connectivity index (χ2n) is 3.99. The van der Waals surface area contributed by atoms with Crippen molar-refractivity contribution in [2.45, 2.75) is 51.4 Å². The van der Waals surface area contributed by atoms with E-state index in [1.54, 1.807) is 0 Å². The third-order valence-electron chi connectivity index (χ3n) is 2.94. The number of rotatable bonds is 0. The van der Waals surface area contributed by atoms with Crippen molar-refractivity contribution >= 4 is 0 Å². The minimum absolute atomic E-state index is 1.16. The van der Waals surface area contributed by atoms with E-state index in [2.05, 4.69) is 6.07 Å². The molecule has 0 bridgehead atoms. The van der Waals surface area contributed by atoms with Crippen molar-refractivity contribution in [2.75, 3.05) is 0 Å². The fraction of sp³-hybridized carbons (Fsp3) is 0.667. The fourth-order valence-corrected chi connectivity index (χ4v) is 2.12. The van der Waals surface area contributed by atoms with E-state index in [1.165, 1.54) is 56.3 Å². The molecule has 0 unspecified atom stereocenters. The van der Waals surface area contributed by atoms with Gasteiger partial charge in [0.05, 0.1) is 6.26 Å². The van der Waals surface area contributed by atoms with Crippen LogP contribution in [0.1, 0.15) is 49.8 Å². The Balaban J connectivity index is 2.03. The van der Waals surface area contributed by atoms with Crippen LogP contribution in [0.25, 0.3) is 0 Å². The van der Waals surface area contributed by atoms with Crippen LogP contribution in [0.3, 0.4) is 0 Å². The topological polar surface area (TPSA) is 13.1 Å². The molecule has 0 amide bonds.